The van der Waals surface area contributed by atoms with E-state index < -0.39 is 0 Å². The van der Waals surface area contributed by atoms with Gasteiger partial charge in [-0.15, -0.1) is 0 Å². The Balaban J connectivity index is 1.11. The number of furan rings is 1. The Kier molecular flexibility index (Phi) is 7.32. The zero-order chi connectivity index (χ0) is 37.2. The number of hydrogen-bond acceptors (Lipinski definition) is 4. The maximum atomic E-state index is 6.72. The molecule has 0 aliphatic carbocycles. The zero-order valence-electron chi connectivity index (χ0n) is 30.4. The van der Waals surface area contributed by atoms with Crippen LogP contribution in [0.4, 0.5) is 11.4 Å². The van der Waals surface area contributed by atoms with E-state index in [-0.39, 0.29) is 0 Å². The molecule has 0 amide bonds. The third kappa shape index (κ3) is 5.09. The van der Waals surface area contributed by atoms with Crippen LogP contribution in [-0.2, 0) is 6.54 Å². The third-order valence-electron chi connectivity index (χ3n) is 11.0. The van der Waals surface area contributed by atoms with Crippen molar-refractivity contribution in [3.63, 3.8) is 0 Å². The van der Waals surface area contributed by atoms with Crippen LogP contribution >= 0.6 is 0 Å². The number of nitrogens with zero attached hydrogens (tertiary/aromatic N) is 4. The van der Waals surface area contributed by atoms with Crippen LogP contribution in [0.5, 0.6) is 0 Å². The number of benzene rings is 7. The van der Waals surface area contributed by atoms with Crippen LogP contribution in [0.15, 0.2) is 187 Å². The fourth-order valence-corrected chi connectivity index (χ4v) is 8.43. The molecule has 0 saturated heterocycles. The maximum Gasteiger partial charge on any atom is 0.161 e. The van der Waals surface area contributed by atoms with Gasteiger partial charge in [0.15, 0.2) is 5.82 Å². The summed E-state index contributed by atoms with van der Waals surface area (Å²) in [6.45, 7) is 5.16. The molecular formula is C51H34N4O. The van der Waals surface area contributed by atoms with Gasteiger partial charge in [0.1, 0.15) is 11.2 Å². The smallest absolute Gasteiger partial charge is 0.161 e. The summed E-state index contributed by atoms with van der Waals surface area (Å²) in [5, 5.41) is 4.22. The van der Waals surface area contributed by atoms with E-state index in [4.69, 9.17) is 14.4 Å². The number of aromatic nitrogens is 3. The average Bonchev–Trinajstić information content (AvgIpc) is 3.80. The summed E-state index contributed by atoms with van der Waals surface area (Å²) in [5.41, 5.74) is 14.2. The van der Waals surface area contributed by atoms with Crippen LogP contribution in [0.25, 0.3) is 83.7 Å². The van der Waals surface area contributed by atoms with Crippen LogP contribution < -0.4 is 4.90 Å². The number of rotatable bonds is 4. The van der Waals surface area contributed by atoms with Crippen molar-refractivity contribution in [3.05, 3.63) is 199 Å². The van der Waals surface area contributed by atoms with Gasteiger partial charge in [-0.1, -0.05) is 134 Å². The third-order valence-corrected chi connectivity index (χ3v) is 11.0. The molecule has 3 aromatic heterocycles. The lowest BCUT2D eigenvalue weighted by molar-refractivity contribution is 0.668. The van der Waals surface area contributed by atoms with Crippen LogP contribution in [0.2, 0.25) is 0 Å². The summed E-state index contributed by atoms with van der Waals surface area (Å²) in [7, 11) is 0. The van der Waals surface area contributed by atoms with Gasteiger partial charge in [-0.05, 0) is 54.1 Å². The first kappa shape index (κ1) is 32.0. The molecule has 4 heterocycles. The van der Waals surface area contributed by atoms with E-state index in [1.807, 2.05) is 30.3 Å². The minimum atomic E-state index is 0.633. The van der Waals surface area contributed by atoms with Crippen LogP contribution in [0.1, 0.15) is 16.8 Å². The van der Waals surface area contributed by atoms with Crippen molar-refractivity contribution in [2.45, 2.75) is 6.54 Å². The minimum Gasteiger partial charge on any atom is -0.456 e. The number of para-hydroxylation sites is 4. The number of hydrogen-bond donors (Lipinski definition) is 0. The largest absolute Gasteiger partial charge is 0.456 e. The van der Waals surface area contributed by atoms with Gasteiger partial charge in [0, 0.05) is 66.9 Å². The molecular weight excluding hydrogens is 685 g/mol. The molecule has 1 aliphatic heterocycles. The van der Waals surface area contributed by atoms with Gasteiger partial charge >= 0.3 is 0 Å². The zero-order valence-corrected chi connectivity index (χ0v) is 30.4. The summed E-state index contributed by atoms with van der Waals surface area (Å²) in [6.07, 6.45) is 4.39. The van der Waals surface area contributed by atoms with Gasteiger partial charge in [0.25, 0.3) is 0 Å². The Morgan fingerprint density at radius 2 is 1.29 bits per heavy atom. The van der Waals surface area contributed by atoms with Crippen molar-refractivity contribution in [2.75, 3.05) is 4.90 Å². The lowest BCUT2D eigenvalue weighted by atomic mass is 10.0. The van der Waals surface area contributed by atoms with Crippen LogP contribution in [0.3, 0.4) is 0 Å². The van der Waals surface area contributed by atoms with E-state index in [9.17, 15) is 0 Å². The van der Waals surface area contributed by atoms with Gasteiger partial charge in [0.2, 0.25) is 0 Å². The lowest BCUT2D eigenvalue weighted by Gasteiger charge is -2.28. The Morgan fingerprint density at radius 1 is 0.554 bits per heavy atom. The SMILES string of the molecule is C=C1/C=C\c2c(n(-c3ccc4c(c3)oc3cccc(-c5nc(-c6ccccc6)c6ccccc6n5)c34)c3ccccc23)CN(c2ccccc2)c2ccccc21. The number of anilines is 2. The van der Waals surface area contributed by atoms with E-state index >= 15 is 0 Å². The fourth-order valence-electron chi connectivity index (χ4n) is 8.43. The molecule has 10 aromatic rings. The summed E-state index contributed by atoms with van der Waals surface area (Å²) in [5.74, 6) is 0.670. The van der Waals surface area contributed by atoms with Gasteiger partial charge < -0.3 is 13.9 Å². The number of fused-ring (bicyclic) bond motifs is 8. The second-order valence-electron chi connectivity index (χ2n) is 14.3. The minimum absolute atomic E-state index is 0.633. The Labute approximate surface area is 323 Å². The molecule has 7 aromatic carbocycles. The Morgan fingerprint density at radius 3 is 2.16 bits per heavy atom. The molecule has 5 heteroatoms. The average molecular weight is 719 g/mol. The maximum absolute atomic E-state index is 6.72. The van der Waals surface area contributed by atoms with E-state index in [0.717, 1.165) is 83.4 Å². The van der Waals surface area contributed by atoms with Crippen molar-refractivity contribution in [1.29, 1.82) is 0 Å². The lowest BCUT2D eigenvalue weighted by Crippen LogP contribution is -2.20. The van der Waals surface area contributed by atoms with Crippen molar-refractivity contribution in [2.24, 2.45) is 0 Å². The van der Waals surface area contributed by atoms with Gasteiger partial charge in [0.05, 0.1) is 29.0 Å². The highest BCUT2D eigenvalue weighted by Crippen LogP contribution is 2.42. The van der Waals surface area contributed by atoms with E-state index in [0.29, 0.717) is 12.4 Å². The highest BCUT2D eigenvalue weighted by atomic mass is 16.3. The first-order valence-corrected chi connectivity index (χ1v) is 18.9. The molecule has 0 atom stereocenters. The molecule has 11 rings (SSSR count). The second kappa shape index (κ2) is 12.8. The topological polar surface area (TPSA) is 47.1 Å². The molecule has 0 spiro atoms. The standard InChI is InChI=1S/C51H34N4O/c1-33-27-29-39-38-20-10-13-25-45(38)55(46(39)32-54(35-17-6-3-7-18-35)44-24-12-9-19-37(33)44)36-28-30-41-48(31-36)56-47-26-14-22-42(49(41)47)51-52-43-23-11-8-21-40(43)50(53-51)34-15-4-2-5-16-34/h2-31H,1,32H2/b29-27-. The molecule has 0 bridgehead atoms. The normalized spacial score (nSPS) is 13.4. The molecule has 5 nitrogen and oxygen atoms in total. The molecule has 0 unspecified atom stereocenters. The van der Waals surface area contributed by atoms with Gasteiger partial charge in [-0.2, -0.15) is 0 Å². The summed E-state index contributed by atoms with van der Waals surface area (Å²) in [6, 6.07) is 59.2. The molecule has 0 saturated carbocycles. The Hall–Kier alpha value is -7.50. The fraction of sp³-hybridized carbons (Fsp3) is 0.0196. The van der Waals surface area contributed by atoms with Crippen molar-refractivity contribution in [1.82, 2.24) is 14.5 Å². The summed E-state index contributed by atoms with van der Waals surface area (Å²) in [4.78, 5) is 12.7. The summed E-state index contributed by atoms with van der Waals surface area (Å²) < 4.78 is 9.12. The molecule has 56 heavy (non-hydrogen) atoms. The highest BCUT2D eigenvalue weighted by molar-refractivity contribution is 6.12. The van der Waals surface area contributed by atoms with E-state index in [2.05, 4.69) is 168 Å². The highest BCUT2D eigenvalue weighted by Gasteiger charge is 2.25. The van der Waals surface area contributed by atoms with Gasteiger partial charge in [-0.3, -0.25) is 0 Å². The molecule has 0 N–H and O–H groups in total. The monoisotopic (exact) mass is 718 g/mol. The quantitative estimate of drug-likeness (QED) is 0.182. The summed E-state index contributed by atoms with van der Waals surface area (Å²) >= 11 is 0. The predicted molar refractivity (Wildman–Crippen MR) is 231 cm³/mol. The first-order valence-electron chi connectivity index (χ1n) is 18.9. The molecule has 264 valence electrons. The van der Waals surface area contributed by atoms with Crippen molar-refractivity contribution >= 4 is 66.8 Å². The van der Waals surface area contributed by atoms with E-state index in [1.165, 1.54) is 16.6 Å². The Bertz CT molecular complexity index is 3190. The van der Waals surface area contributed by atoms with Crippen molar-refractivity contribution < 1.29 is 4.42 Å². The van der Waals surface area contributed by atoms with Gasteiger partial charge in [-0.25, -0.2) is 9.97 Å². The predicted octanol–water partition coefficient (Wildman–Crippen LogP) is 13.2. The van der Waals surface area contributed by atoms with Crippen LogP contribution in [0, 0.1) is 0 Å². The van der Waals surface area contributed by atoms with Crippen LogP contribution in [-0.4, -0.2) is 14.5 Å². The molecule has 0 fully saturated rings. The van der Waals surface area contributed by atoms with E-state index in [1.54, 1.807) is 0 Å². The number of allylic oxidation sites excluding steroid dienone is 2. The van der Waals surface area contributed by atoms with Crippen molar-refractivity contribution in [3.8, 4) is 28.3 Å². The molecule has 0 radical (unpaired) electrons. The second-order valence-corrected chi connectivity index (χ2v) is 14.3. The first-order chi connectivity index (χ1) is 27.7. The molecule has 1 aliphatic rings.